The molecule has 1 fully saturated rings. The van der Waals surface area contributed by atoms with E-state index in [9.17, 15) is 21.6 Å². The number of halogens is 4. The summed E-state index contributed by atoms with van der Waals surface area (Å²) in [7, 11) is -1.91. The number of nitrogens with one attached hydrogen (secondary N) is 1. The Hall–Kier alpha value is -0.480. The van der Waals surface area contributed by atoms with E-state index in [2.05, 4.69) is 5.32 Å². The van der Waals surface area contributed by atoms with Gasteiger partial charge in [-0.15, -0.1) is 12.4 Å². The number of hydrogen-bond donors (Lipinski definition) is 1. The molecule has 1 aromatic rings. The van der Waals surface area contributed by atoms with Crippen LogP contribution in [0.5, 0.6) is 0 Å². The Bertz CT molecular complexity index is 609. The fourth-order valence-electron chi connectivity index (χ4n) is 2.51. The second kappa shape index (κ2) is 8.06. The van der Waals surface area contributed by atoms with Gasteiger partial charge in [0.05, 0.1) is 4.90 Å². The van der Waals surface area contributed by atoms with E-state index in [0.29, 0.717) is 13.1 Å². The highest BCUT2D eigenvalue weighted by molar-refractivity contribution is 8.00. The lowest BCUT2D eigenvalue weighted by molar-refractivity contribution is -0.0328. The molecule has 0 aromatic heterocycles. The third-order valence-electron chi connectivity index (χ3n) is 3.43. The van der Waals surface area contributed by atoms with Crippen molar-refractivity contribution in [2.24, 2.45) is 0 Å². The molecule has 1 N–H and O–H groups in total. The maximum Gasteiger partial charge on any atom is 0.446 e. The number of thioether (sulfide) groups is 1. The monoisotopic (exact) mass is 390 g/mol. The van der Waals surface area contributed by atoms with Crippen molar-refractivity contribution in [3.8, 4) is 0 Å². The van der Waals surface area contributed by atoms with Crippen LogP contribution in [0, 0.1) is 0 Å². The number of rotatable bonds is 5. The SMILES string of the molecule is CNCC1CCCN1S(=O)(=O)c1ccc(SC(F)(F)F)cc1.Cl. The van der Waals surface area contributed by atoms with E-state index < -0.39 is 15.5 Å². The van der Waals surface area contributed by atoms with E-state index in [1.54, 1.807) is 7.05 Å². The van der Waals surface area contributed by atoms with Gasteiger partial charge in [-0.25, -0.2) is 8.42 Å². The lowest BCUT2D eigenvalue weighted by Crippen LogP contribution is -2.40. The van der Waals surface area contributed by atoms with Gasteiger partial charge in [0.1, 0.15) is 0 Å². The molecule has 0 aliphatic carbocycles. The minimum Gasteiger partial charge on any atom is -0.318 e. The first kappa shape index (κ1) is 20.6. The Morgan fingerprint density at radius 3 is 2.43 bits per heavy atom. The highest BCUT2D eigenvalue weighted by Gasteiger charge is 2.35. The Morgan fingerprint density at radius 1 is 1.30 bits per heavy atom. The van der Waals surface area contributed by atoms with E-state index in [1.807, 2.05) is 0 Å². The number of sulfonamides is 1. The van der Waals surface area contributed by atoms with Crippen LogP contribution in [0.3, 0.4) is 0 Å². The molecule has 1 atom stereocenters. The van der Waals surface area contributed by atoms with Gasteiger partial charge >= 0.3 is 5.51 Å². The predicted octanol–water partition coefficient (Wildman–Crippen LogP) is 3.09. The van der Waals surface area contributed by atoms with Gasteiger partial charge in [-0.2, -0.15) is 17.5 Å². The summed E-state index contributed by atoms with van der Waals surface area (Å²) in [5.74, 6) is 0. The van der Waals surface area contributed by atoms with Crippen LogP contribution < -0.4 is 5.32 Å². The molecule has 0 saturated carbocycles. The van der Waals surface area contributed by atoms with E-state index in [-0.39, 0.29) is 40.0 Å². The summed E-state index contributed by atoms with van der Waals surface area (Å²) in [5.41, 5.74) is -4.38. The smallest absolute Gasteiger partial charge is 0.318 e. The number of benzene rings is 1. The zero-order valence-electron chi connectivity index (χ0n) is 12.3. The lowest BCUT2D eigenvalue weighted by Gasteiger charge is -2.24. The van der Waals surface area contributed by atoms with Crippen LogP contribution in [0.2, 0.25) is 0 Å². The zero-order chi connectivity index (χ0) is 16.4. The number of hydrogen-bond acceptors (Lipinski definition) is 4. The van der Waals surface area contributed by atoms with Gasteiger partial charge in [-0.3, -0.25) is 0 Å². The van der Waals surface area contributed by atoms with Crippen molar-refractivity contribution in [2.75, 3.05) is 20.1 Å². The van der Waals surface area contributed by atoms with E-state index >= 15 is 0 Å². The summed E-state index contributed by atoms with van der Waals surface area (Å²) >= 11 is -0.257. The standard InChI is InChI=1S/C13H17F3N2O2S2.ClH/c1-17-9-10-3-2-8-18(10)22(19,20)12-6-4-11(5-7-12)21-13(14,15)16;/h4-7,10,17H,2-3,8-9H2,1H3;1H. The lowest BCUT2D eigenvalue weighted by atomic mass is 10.2. The van der Waals surface area contributed by atoms with Crippen molar-refractivity contribution >= 4 is 34.2 Å². The van der Waals surface area contributed by atoms with Gasteiger partial charge in [-0.05, 0) is 55.9 Å². The molecule has 1 aromatic carbocycles. The fourth-order valence-corrected chi connectivity index (χ4v) is 4.75. The normalized spacial score (nSPS) is 19.6. The molecule has 1 aliphatic rings. The van der Waals surface area contributed by atoms with Crippen molar-refractivity contribution in [2.45, 2.75) is 34.2 Å². The summed E-state index contributed by atoms with van der Waals surface area (Å²) in [6, 6.07) is 4.73. The molecule has 1 heterocycles. The van der Waals surface area contributed by atoms with Gasteiger partial charge in [0.15, 0.2) is 0 Å². The minimum absolute atomic E-state index is 0. The maximum absolute atomic E-state index is 12.6. The molecule has 1 saturated heterocycles. The van der Waals surface area contributed by atoms with Crippen LogP contribution >= 0.6 is 24.2 Å². The van der Waals surface area contributed by atoms with Crippen LogP contribution in [0.25, 0.3) is 0 Å². The van der Waals surface area contributed by atoms with Gasteiger partial charge in [0.25, 0.3) is 0 Å². The molecule has 10 heteroatoms. The van der Waals surface area contributed by atoms with Gasteiger partial charge in [-0.1, -0.05) is 0 Å². The van der Waals surface area contributed by atoms with Crippen LogP contribution in [0.4, 0.5) is 13.2 Å². The van der Waals surface area contributed by atoms with Gasteiger partial charge in [0, 0.05) is 24.0 Å². The molecular weight excluding hydrogens is 373 g/mol. The molecule has 0 amide bonds. The third kappa shape index (κ3) is 5.25. The second-order valence-corrected chi connectivity index (χ2v) is 8.02. The quantitative estimate of drug-likeness (QED) is 0.785. The van der Waals surface area contributed by atoms with Crippen LogP contribution in [-0.2, 0) is 10.0 Å². The molecule has 2 rings (SSSR count). The van der Waals surface area contributed by atoms with Crippen molar-refractivity contribution in [1.29, 1.82) is 0 Å². The van der Waals surface area contributed by atoms with Crippen LogP contribution in [-0.4, -0.2) is 44.4 Å². The molecular formula is C13H18ClF3N2O2S2. The molecule has 0 radical (unpaired) electrons. The first-order valence-corrected chi connectivity index (χ1v) is 9.02. The van der Waals surface area contributed by atoms with E-state index in [0.717, 1.165) is 12.8 Å². The predicted molar refractivity (Wildman–Crippen MR) is 86.4 cm³/mol. The Kier molecular flexibility index (Phi) is 7.21. The minimum atomic E-state index is -4.38. The Morgan fingerprint density at radius 2 is 1.91 bits per heavy atom. The molecule has 0 spiro atoms. The van der Waals surface area contributed by atoms with Gasteiger partial charge < -0.3 is 5.32 Å². The fraction of sp³-hybridized carbons (Fsp3) is 0.538. The van der Waals surface area contributed by atoms with Crippen LogP contribution in [0.1, 0.15) is 12.8 Å². The Balaban J connectivity index is 0.00000264. The average molecular weight is 391 g/mol. The summed E-state index contributed by atoms with van der Waals surface area (Å²) in [4.78, 5) is 0.00155. The topological polar surface area (TPSA) is 49.4 Å². The van der Waals surface area contributed by atoms with Gasteiger partial charge in [0.2, 0.25) is 10.0 Å². The van der Waals surface area contributed by atoms with Crippen molar-refractivity contribution in [3.63, 3.8) is 0 Å². The largest absolute Gasteiger partial charge is 0.446 e. The van der Waals surface area contributed by atoms with Crippen molar-refractivity contribution < 1.29 is 21.6 Å². The summed E-state index contributed by atoms with van der Waals surface area (Å²) in [5, 5.41) is 2.96. The highest BCUT2D eigenvalue weighted by atomic mass is 35.5. The summed E-state index contributed by atoms with van der Waals surface area (Å²) in [6.07, 6.45) is 1.57. The number of alkyl halides is 3. The Labute approximate surface area is 144 Å². The van der Waals surface area contributed by atoms with Crippen molar-refractivity contribution in [3.05, 3.63) is 24.3 Å². The summed E-state index contributed by atoms with van der Waals surface area (Å²) < 4.78 is 63.5. The zero-order valence-corrected chi connectivity index (χ0v) is 14.8. The molecule has 23 heavy (non-hydrogen) atoms. The molecule has 4 nitrogen and oxygen atoms in total. The second-order valence-electron chi connectivity index (χ2n) is 4.99. The van der Waals surface area contributed by atoms with Crippen LogP contribution in [0.15, 0.2) is 34.1 Å². The molecule has 1 unspecified atom stereocenters. The maximum atomic E-state index is 12.6. The highest BCUT2D eigenvalue weighted by Crippen LogP contribution is 2.37. The van der Waals surface area contributed by atoms with Crippen molar-refractivity contribution in [1.82, 2.24) is 9.62 Å². The molecule has 132 valence electrons. The first-order chi connectivity index (χ1) is 10.2. The van der Waals surface area contributed by atoms with E-state index in [4.69, 9.17) is 0 Å². The third-order valence-corrected chi connectivity index (χ3v) is 6.13. The molecule has 0 bridgehead atoms. The first-order valence-electron chi connectivity index (χ1n) is 6.76. The number of nitrogens with zero attached hydrogens (tertiary/aromatic N) is 1. The molecule has 1 aliphatic heterocycles. The number of likely N-dealkylation sites (N-methyl/N-ethyl adjacent to an activating group) is 1. The average Bonchev–Trinajstić information content (AvgIpc) is 2.87. The van der Waals surface area contributed by atoms with E-state index in [1.165, 1.54) is 28.6 Å². The summed E-state index contributed by atoms with van der Waals surface area (Å²) in [6.45, 7) is 0.995.